The van der Waals surface area contributed by atoms with Crippen LogP contribution < -0.4 is 5.32 Å². The molecule has 1 saturated heterocycles. The first-order valence-corrected chi connectivity index (χ1v) is 11.4. The third-order valence-electron chi connectivity index (χ3n) is 6.19. The summed E-state index contributed by atoms with van der Waals surface area (Å²) in [5.41, 5.74) is 4.68. The number of amides is 2. The number of nitrogens with zero attached hydrogens (tertiary/aromatic N) is 2. The number of piperidine rings is 1. The highest BCUT2D eigenvalue weighted by molar-refractivity contribution is 6.31. The Morgan fingerprint density at radius 2 is 1.97 bits per heavy atom. The van der Waals surface area contributed by atoms with Crippen molar-refractivity contribution in [2.75, 3.05) is 18.4 Å². The van der Waals surface area contributed by atoms with Gasteiger partial charge in [0.1, 0.15) is 0 Å². The summed E-state index contributed by atoms with van der Waals surface area (Å²) in [4.78, 5) is 27.0. The minimum absolute atomic E-state index is 0.284. The molecule has 1 saturated carbocycles. The van der Waals surface area contributed by atoms with E-state index < -0.39 is 0 Å². The van der Waals surface area contributed by atoms with Gasteiger partial charge in [-0.1, -0.05) is 29.3 Å². The van der Waals surface area contributed by atoms with Gasteiger partial charge in [-0.3, -0.25) is 9.59 Å². The van der Waals surface area contributed by atoms with Gasteiger partial charge in [0.05, 0.1) is 11.6 Å². The molecule has 6 heteroatoms. The van der Waals surface area contributed by atoms with E-state index in [9.17, 15) is 9.59 Å². The van der Waals surface area contributed by atoms with Crippen molar-refractivity contribution in [1.29, 1.82) is 5.26 Å². The molecule has 4 rings (SSSR count). The van der Waals surface area contributed by atoms with Crippen molar-refractivity contribution in [3.63, 3.8) is 0 Å². The molecule has 0 radical (unpaired) electrons. The van der Waals surface area contributed by atoms with Crippen molar-refractivity contribution in [2.45, 2.75) is 39.0 Å². The molecule has 2 fully saturated rings. The standard InChI is InChI=1S/C26H26ClN3O2/c1-17-22(11-19-7-9-30(10-8-19)25(31)13-18-5-6-18)14-23(27)15-24(17)29-26(32)21-4-2-3-20(12-21)16-28/h2-4,11-12,14-15,18H,5-10,13H2,1H3,(H,29,32). The van der Waals surface area contributed by atoms with Crippen LogP contribution in [-0.2, 0) is 4.79 Å². The Balaban J connectivity index is 1.46. The molecular weight excluding hydrogens is 422 g/mol. The fourth-order valence-electron chi connectivity index (χ4n) is 4.01. The van der Waals surface area contributed by atoms with Crippen LogP contribution in [0.2, 0.25) is 5.02 Å². The van der Waals surface area contributed by atoms with E-state index in [1.165, 1.54) is 18.4 Å². The fourth-order valence-corrected chi connectivity index (χ4v) is 4.24. The predicted molar refractivity (Wildman–Crippen MR) is 126 cm³/mol. The number of nitriles is 1. The second kappa shape index (κ2) is 9.58. The molecule has 1 aliphatic carbocycles. The molecule has 0 spiro atoms. The predicted octanol–water partition coefficient (Wildman–Crippen LogP) is 5.58. The van der Waals surface area contributed by atoms with E-state index in [1.54, 1.807) is 30.3 Å². The first-order valence-electron chi connectivity index (χ1n) is 11.0. The smallest absolute Gasteiger partial charge is 0.255 e. The van der Waals surface area contributed by atoms with Crippen LogP contribution >= 0.6 is 11.6 Å². The van der Waals surface area contributed by atoms with Crippen molar-refractivity contribution >= 4 is 35.2 Å². The molecule has 32 heavy (non-hydrogen) atoms. The summed E-state index contributed by atoms with van der Waals surface area (Å²) < 4.78 is 0. The van der Waals surface area contributed by atoms with Crippen molar-refractivity contribution < 1.29 is 9.59 Å². The molecule has 5 nitrogen and oxygen atoms in total. The Kier molecular flexibility index (Phi) is 6.62. The number of nitrogens with one attached hydrogen (secondary N) is 1. The lowest BCUT2D eigenvalue weighted by Gasteiger charge is -2.29. The van der Waals surface area contributed by atoms with Crippen LogP contribution in [0.25, 0.3) is 6.08 Å². The number of carbonyl (C=O) groups is 2. The van der Waals surface area contributed by atoms with Crippen LogP contribution in [-0.4, -0.2) is 29.8 Å². The van der Waals surface area contributed by atoms with E-state index in [0.29, 0.717) is 34.2 Å². The molecule has 1 heterocycles. The Labute approximate surface area is 193 Å². The normalized spacial score (nSPS) is 15.8. The van der Waals surface area contributed by atoms with Crippen LogP contribution in [0, 0.1) is 24.2 Å². The van der Waals surface area contributed by atoms with Crippen molar-refractivity contribution in [3.8, 4) is 6.07 Å². The van der Waals surface area contributed by atoms with Gasteiger partial charge in [0.2, 0.25) is 5.91 Å². The van der Waals surface area contributed by atoms with Crippen LogP contribution in [0.1, 0.15) is 59.2 Å². The molecule has 0 bridgehead atoms. The van der Waals surface area contributed by atoms with Gasteiger partial charge < -0.3 is 10.2 Å². The molecule has 2 aromatic carbocycles. The number of rotatable bonds is 5. The molecule has 0 atom stereocenters. The minimum atomic E-state index is -0.284. The third kappa shape index (κ3) is 5.38. The van der Waals surface area contributed by atoms with Gasteiger partial charge in [0, 0.05) is 35.8 Å². The second-order valence-electron chi connectivity index (χ2n) is 8.65. The summed E-state index contributed by atoms with van der Waals surface area (Å²) in [6.45, 7) is 3.48. The zero-order valence-electron chi connectivity index (χ0n) is 18.2. The highest BCUT2D eigenvalue weighted by Crippen LogP contribution is 2.34. The summed E-state index contributed by atoms with van der Waals surface area (Å²) in [6.07, 6.45) is 6.93. The molecule has 164 valence electrons. The monoisotopic (exact) mass is 447 g/mol. The van der Waals surface area contributed by atoms with Gasteiger partial charge in [-0.15, -0.1) is 0 Å². The lowest BCUT2D eigenvalue weighted by atomic mass is 9.97. The number of carbonyl (C=O) groups excluding carboxylic acids is 2. The summed E-state index contributed by atoms with van der Waals surface area (Å²) in [7, 11) is 0. The number of benzene rings is 2. The van der Waals surface area contributed by atoms with Crippen LogP contribution in [0.15, 0.2) is 42.0 Å². The molecule has 2 amide bonds. The van der Waals surface area contributed by atoms with Crippen molar-refractivity contribution in [3.05, 3.63) is 69.2 Å². The first kappa shape index (κ1) is 22.1. The largest absolute Gasteiger partial charge is 0.342 e. The fraction of sp³-hybridized carbons (Fsp3) is 0.346. The average molecular weight is 448 g/mol. The molecule has 2 aliphatic rings. The number of hydrogen-bond donors (Lipinski definition) is 1. The van der Waals surface area contributed by atoms with Gasteiger partial charge in [-0.2, -0.15) is 5.26 Å². The number of likely N-dealkylation sites (tertiary alicyclic amines) is 1. The quantitative estimate of drug-likeness (QED) is 0.650. The maximum absolute atomic E-state index is 12.7. The highest BCUT2D eigenvalue weighted by atomic mass is 35.5. The Morgan fingerprint density at radius 3 is 2.66 bits per heavy atom. The van der Waals surface area contributed by atoms with E-state index in [0.717, 1.165) is 37.1 Å². The summed E-state index contributed by atoms with van der Waals surface area (Å²) in [6, 6.07) is 12.3. The number of halogens is 1. The maximum Gasteiger partial charge on any atom is 0.255 e. The molecule has 0 unspecified atom stereocenters. The zero-order valence-corrected chi connectivity index (χ0v) is 18.9. The van der Waals surface area contributed by atoms with E-state index in [4.69, 9.17) is 16.9 Å². The topological polar surface area (TPSA) is 73.2 Å². The van der Waals surface area contributed by atoms with Gasteiger partial charge in [-0.05, 0) is 80.0 Å². The van der Waals surface area contributed by atoms with E-state index in [2.05, 4.69) is 11.4 Å². The Hall–Kier alpha value is -3.10. The molecule has 1 aliphatic heterocycles. The van der Waals surface area contributed by atoms with Crippen LogP contribution in [0.5, 0.6) is 0 Å². The Bertz CT molecular complexity index is 1120. The van der Waals surface area contributed by atoms with Gasteiger partial charge in [-0.25, -0.2) is 0 Å². The molecule has 0 aromatic heterocycles. The average Bonchev–Trinajstić information content (AvgIpc) is 3.61. The minimum Gasteiger partial charge on any atom is -0.342 e. The Morgan fingerprint density at radius 1 is 1.22 bits per heavy atom. The van der Waals surface area contributed by atoms with Gasteiger partial charge in [0.15, 0.2) is 0 Å². The maximum atomic E-state index is 12.7. The van der Waals surface area contributed by atoms with E-state index >= 15 is 0 Å². The summed E-state index contributed by atoms with van der Waals surface area (Å²) >= 11 is 6.36. The molecule has 1 N–H and O–H groups in total. The highest BCUT2D eigenvalue weighted by Gasteiger charge is 2.28. The lowest BCUT2D eigenvalue weighted by molar-refractivity contribution is -0.132. The third-order valence-corrected chi connectivity index (χ3v) is 6.41. The number of anilines is 1. The molecule has 2 aromatic rings. The van der Waals surface area contributed by atoms with Crippen molar-refractivity contribution in [2.24, 2.45) is 5.92 Å². The summed E-state index contributed by atoms with van der Waals surface area (Å²) in [5.74, 6) is 0.620. The van der Waals surface area contributed by atoms with Crippen LogP contribution in [0.4, 0.5) is 5.69 Å². The van der Waals surface area contributed by atoms with Crippen LogP contribution in [0.3, 0.4) is 0 Å². The van der Waals surface area contributed by atoms with Crippen molar-refractivity contribution in [1.82, 2.24) is 4.90 Å². The van der Waals surface area contributed by atoms with Gasteiger partial charge in [0.25, 0.3) is 5.91 Å². The SMILES string of the molecule is Cc1c(C=C2CCN(C(=O)CC3CC3)CC2)cc(Cl)cc1NC(=O)c1cccc(C#N)c1. The summed E-state index contributed by atoms with van der Waals surface area (Å²) in [5, 5.41) is 12.5. The van der Waals surface area contributed by atoms with E-state index in [1.807, 2.05) is 24.0 Å². The lowest BCUT2D eigenvalue weighted by Crippen LogP contribution is -2.36. The second-order valence-corrected chi connectivity index (χ2v) is 9.08. The van der Waals surface area contributed by atoms with E-state index in [-0.39, 0.29) is 11.8 Å². The first-order chi connectivity index (χ1) is 15.4. The zero-order chi connectivity index (χ0) is 22.7. The molecular formula is C26H26ClN3O2. The van der Waals surface area contributed by atoms with Gasteiger partial charge >= 0.3 is 0 Å². The number of hydrogen-bond acceptors (Lipinski definition) is 3.